The van der Waals surface area contributed by atoms with E-state index in [0.717, 1.165) is 5.69 Å². The Labute approximate surface area is 193 Å². The molecule has 33 heavy (non-hydrogen) atoms. The maximum atomic E-state index is 12.5. The van der Waals surface area contributed by atoms with Crippen LogP contribution >= 0.6 is 0 Å². The number of pyridine rings is 1. The van der Waals surface area contributed by atoms with Crippen LogP contribution in [0.2, 0.25) is 0 Å². The molecule has 0 saturated heterocycles. The number of carbonyl (C=O) groups is 1. The molecule has 2 N–H and O–H groups in total. The van der Waals surface area contributed by atoms with Crippen molar-refractivity contribution in [1.82, 2.24) is 9.88 Å². The fourth-order valence-corrected chi connectivity index (χ4v) is 3.19. The van der Waals surface area contributed by atoms with Gasteiger partial charge < -0.3 is 20.3 Å². The van der Waals surface area contributed by atoms with Crippen molar-refractivity contribution in [2.75, 3.05) is 37.9 Å². The summed E-state index contributed by atoms with van der Waals surface area (Å²) in [6.07, 6.45) is 10.3. The fraction of sp³-hybridized carbons (Fsp3) is 0.192. The highest BCUT2D eigenvalue weighted by molar-refractivity contribution is 6.04. The predicted octanol–water partition coefficient (Wildman–Crippen LogP) is 4.29. The predicted molar refractivity (Wildman–Crippen MR) is 132 cm³/mol. The van der Waals surface area contributed by atoms with Crippen molar-refractivity contribution in [1.29, 1.82) is 5.26 Å². The monoisotopic (exact) mass is 439 g/mol. The lowest BCUT2D eigenvalue weighted by Crippen LogP contribution is -2.13. The first-order chi connectivity index (χ1) is 15.9. The summed E-state index contributed by atoms with van der Waals surface area (Å²) in [6, 6.07) is 13.0. The molecule has 1 aromatic heterocycles. The van der Waals surface area contributed by atoms with Gasteiger partial charge in [0.05, 0.1) is 29.1 Å². The van der Waals surface area contributed by atoms with Crippen molar-refractivity contribution in [2.45, 2.75) is 6.92 Å². The van der Waals surface area contributed by atoms with Gasteiger partial charge in [-0.1, -0.05) is 18.1 Å². The molecule has 0 saturated carbocycles. The SMILES string of the molecule is C#Cc1cccc(Nc2c(C#N)cnc3cc(OCC)c(NC(=O)/C=C/CN(C)C)cc23)c1. The number of nitrogens with zero attached hydrogens (tertiary/aromatic N) is 3. The molecule has 7 nitrogen and oxygen atoms in total. The van der Waals surface area contributed by atoms with Crippen molar-refractivity contribution < 1.29 is 9.53 Å². The van der Waals surface area contributed by atoms with E-state index in [1.807, 2.05) is 50.2 Å². The Kier molecular flexibility index (Phi) is 7.64. The number of benzene rings is 2. The molecule has 7 heteroatoms. The molecule has 3 aromatic rings. The second-order valence-corrected chi connectivity index (χ2v) is 7.46. The van der Waals surface area contributed by atoms with Crippen molar-refractivity contribution >= 4 is 33.9 Å². The number of likely N-dealkylation sites (N-methyl/N-ethyl adjacent to an activating group) is 1. The van der Waals surface area contributed by atoms with Gasteiger partial charge in [0.15, 0.2) is 0 Å². The van der Waals surface area contributed by atoms with Crippen LogP contribution in [0.5, 0.6) is 5.75 Å². The highest BCUT2D eigenvalue weighted by Gasteiger charge is 2.15. The van der Waals surface area contributed by atoms with E-state index in [1.54, 1.807) is 18.2 Å². The molecule has 0 radical (unpaired) electrons. The first kappa shape index (κ1) is 23.3. The van der Waals surface area contributed by atoms with Crippen LogP contribution in [-0.4, -0.2) is 43.0 Å². The second-order valence-electron chi connectivity index (χ2n) is 7.46. The number of rotatable bonds is 8. The van der Waals surface area contributed by atoms with E-state index in [0.29, 0.717) is 52.3 Å². The Morgan fingerprint density at radius 2 is 2.12 bits per heavy atom. The maximum Gasteiger partial charge on any atom is 0.248 e. The van der Waals surface area contributed by atoms with E-state index in [9.17, 15) is 10.1 Å². The minimum Gasteiger partial charge on any atom is -0.492 e. The Morgan fingerprint density at radius 3 is 2.82 bits per heavy atom. The number of nitriles is 1. The van der Waals surface area contributed by atoms with Crippen molar-refractivity contribution in [2.24, 2.45) is 0 Å². The minimum absolute atomic E-state index is 0.280. The average Bonchev–Trinajstić information content (AvgIpc) is 2.80. The first-order valence-corrected chi connectivity index (χ1v) is 10.4. The van der Waals surface area contributed by atoms with E-state index in [1.165, 1.54) is 12.3 Å². The summed E-state index contributed by atoms with van der Waals surface area (Å²) in [5.74, 6) is 2.82. The molecular formula is C26H25N5O2. The maximum absolute atomic E-state index is 12.5. The lowest BCUT2D eigenvalue weighted by molar-refractivity contribution is -0.111. The second kappa shape index (κ2) is 10.8. The summed E-state index contributed by atoms with van der Waals surface area (Å²) in [5.41, 5.74) is 3.49. The molecule has 0 unspecified atom stereocenters. The van der Waals surface area contributed by atoms with E-state index < -0.39 is 0 Å². The van der Waals surface area contributed by atoms with Gasteiger partial charge >= 0.3 is 0 Å². The highest BCUT2D eigenvalue weighted by atomic mass is 16.5. The molecule has 0 aliphatic carbocycles. The molecule has 3 rings (SSSR count). The largest absolute Gasteiger partial charge is 0.492 e. The molecule has 0 spiro atoms. The summed E-state index contributed by atoms with van der Waals surface area (Å²) in [7, 11) is 3.85. The molecule has 0 bridgehead atoms. The smallest absolute Gasteiger partial charge is 0.248 e. The fourth-order valence-electron chi connectivity index (χ4n) is 3.19. The van der Waals surface area contributed by atoms with Gasteiger partial charge in [0.1, 0.15) is 11.8 Å². The topological polar surface area (TPSA) is 90.3 Å². The van der Waals surface area contributed by atoms with Crippen LogP contribution < -0.4 is 15.4 Å². The molecule has 0 atom stereocenters. The Morgan fingerprint density at radius 1 is 1.30 bits per heavy atom. The van der Waals surface area contributed by atoms with Gasteiger partial charge in [-0.05, 0) is 45.3 Å². The minimum atomic E-state index is -0.280. The van der Waals surface area contributed by atoms with Crippen molar-refractivity contribution in [3.8, 4) is 24.2 Å². The number of hydrogen-bond donors (Lipinski definition) is 2. The molecule has 1 amide bonds. The summed E-state index contributed by atoms with van der Waals surface area (Å²) in [4.78, 5) is 18.8. The van der Waals surface area contributed by atoms with Crippen molar-refractivity contribution in [3.05, 3.63) is 65.9 Å². The summed E-state index contributed by atoms with van der Waals surface area (Å²) in [6.45, 7) is 2.93. The zero-order valence-electron chi connectivity index (χ0n) is 18.8. The van der Waals surface area contributed by atoms with Gasteiger partial charge in [-0.3, -0.25) is 9.78 Å². The van der Waals surface area contributed by atoms with Gasteiger partial charge in [0.2, 0.25) is 5.91 Å². The van der Waals surface area contributed by atoms with Crippen LogP contribution in [0.25, 0.3) is 10.9 Å². The highest BCUT2D eigenvalue weighted by Crippen LogP contribution is 2.36. The third kappa shape index (κ3) is 5.88. The normalized spacial score (nSPS) is 10.7. The summed E-state index contributed by atoms with van der Waals surface area (Å²) >= 11 is 0. The Bertz CT molecular complexity index is 1280. The molecule has 0 aliphatic rings. The number of anilines is 3. The van der Waals surface area contributed by atoms with Crippen LogP contribution in [0, 0.1) is 23.7 Å². The number of nitrogens with one attached hydrogen (secondary N) is 2. The van der Waals surface area contributed by atoms with Crippen LogP contribution in [0.15, 0.2) is 54.7 Å². The number of fused-ring (bicyclic) bond motifs is 1. The third-order valence-electron chi connectivity index (χ3n) is 4.69. The van der Waals surface area contributed by atoms with Crippen molar-refractivity contribution in [3.63, 3.8) is 0 Å². The van der Waals surface area contributed by atoms with Crippen LogP contribution in [0.3, 0.4) is 0 Å². The van der Waals surface area contributed by atoms with Gasteiger partial charge in [-0.15, -0.1) is 6.42 Å². The van der Waals surface area contributed by atoms with E-state index >= 15 is 0 Å². The number of terminal acetylenes is 1. The Hall–Kier alpha value is -4.33. The molecule has 166 valence electrons. The summed E-state index contributed by atoms with van der Waals surface area (Å²) in [5, 5.41) is 16.5. The Balaban J connectivity index is 2.07. The van der Waals surface area contributed by atoms with Crippen LogP contribution in [0.4, 0.5) is 17.1 Å². The number of amides is 1. The van der Waals surface area contributed by atoms with Gasteiger partial charge in [-0.2, -0.15) is 5.26 Å². The van der Waals surface area contributed by atoms with E-state index in [2.05, 4.69) is 27.6 Å². The number of hydrogen-bond acceptors (Lipinski definition) is 6. The number of carbonyl (C=O) groups excluding carboxylic acids is 1. The van der Waals surface area contributed by atoms with Gasteiger partial charge in [0.25, 0.3) is 0 Å². The van der Waals surface area contributed by atoms with Gasteiger partial charge in [-0.25, -0.2) is 0 Å². The molecule has 2 aromatic carbocycles. The van der Waals surface area contributed by atoms with E-state index in [4.69, 9.17) is 11.2 Å². The molecule has 1 heterocycles. The lowest BCUT2D eigenvalue weighted by atomic mass is 10.1. The molecule has 0 aliphatic heterocycles. The summed E-state index contributed by atoms with van der Waals surface area (Å²) < 4.78 is 5.74. The zero-order chi connectivity index (χ0) is 23.8. The van der Waals surface area contributed by atoms with Gasteiger partial charge in [0, 0.05) is 41.5 Å². The first-order valence-electron chi connectivity index (χ1n) is 10.4. The third-order valence-corrected chi connectivity index (χ3v) is 4.69. The number of aromatic nitrogens is 1. The molecule has 0 fully saturated rings. The molecular weight excluding hydrogens is 414 g/mol. The van der Waals surface area contributed by atoms with Crippen LogP contribution in [0.1, 0.15) is 18.1 Å². The van der Waals surface area contributed by atoms with Crippen LogP contribution in [-0.2, 0) is 4.79 Å². The average molecular weight is 440 g/mol. The zero-order valence-corrected chi connectivity index (χ0v) is 18.8. The quantitative estimate of drug-likeness (QED) is 0.402. The standard InChI is InChI=1S/C26H25N5O2/c1-5-18-9-7-10-20(13-18)29-26-19(16-27)17-28-22-15-24(33-6-2)23(14-21(22)26)30-25(32)11-8-12-31(3)4/h1,7-11,13-15,17H,6,12H2,2-4H3,(H,28,29)(H,30,32)/b11-8+. The lowest BCUT2D eigenvalue weighted by Gasteiger charge is -2.16. The number of ether oxygens (including phenoxy) is 1. The van der Waals surface area contributed by atoms with E-state index in [-0.39, 0.29) is 5.91 Å².